The summed E-state index contributed by atoms with van der Waals surface area (Å²) >= 11 is 9.10. The molecule has 1 fully saturated rings. The zero-order chi connectivity index (χ0) is 11.7. The van der Waals surface area contributed by atoms with E-state index in [0.29, 0.717) is 28.3 Å². The Labute approximate surface area is 106 Å². The molecule has 0 spiro atoms. The number of rotatable bonds is 2. The number of aliphatic hydroxyl groups is 1. The molecule has 4 nitrogen and oxygen atoms in total. The number of nitrogens with zero attached hydrogens (tertiary/aromatic N) is 2. The van der Waals surface area contributed by atoms with Gasteiger partial charge in [-0.2, -0.15) is 0 Å². The van der Waals surface area contributed by atoms with Crippen molar-refractivity contribution in [2.24, 2.45) is 5.92 Å². The number of anilines is 1. The van der Waals surface area contributed by atoms with Crippen molar-refractivity contribution < 1.29 is 9.90 Å². The van der Waals surface area contributed by atoms with Gasteiger partial charge < -0.3 is 5.11 Å². The third-order valence-electron chi connectivity index (χ3n) is 2.51. The van der Waals surface area contributed by atoms with Crippen molar-refractivity contribution in [3.63, 3.8) is 0 Å². The molecule has 1 aromatic rings. The fourth-order valence-electron chi connectivity index (χ4n) is 1.71. The van der Waals surface area contributed by atoms with Crippen molar-refractivity contribution in [1.29, 1.82) is 0 Å². The lowest BCUT2D eigenvalue weighted by Gasteiger charge is -2.16. The van der Waals surface area contributed by atoms with Crippen LogP contribution in [-0.4, -0.2) is 29.1 Å². The summed E-state index contributed by atoms with van der Waals surface area (Å²) in [6.07, 6.45) is 1.87. The van der Waals surface area contributed by atoms with Crippen molar-refractivity contribution in [1.82, 2.24) is 4.98 Å². The molecule has 1 aliphatic rings. The van der Waals surface area contributed by atoms with Crippen LogP contribution in [-0.2, 0) is 4.79 Å². The van der Waals surface area contributed by atoms with Crippen LogP contribution in [0.5, 0.6) is 0 Å². The molecule has 1 amide bonds. The van der Waals surface area contributed by atoms with Gasteiger partial charge in [-0.05, 0) is 22.0 Å². The lowest BCUT2D eigenvalue weighted by Crippen LogP contribution is -2.26. The van der Waals surface area contributed by atoms with Gasteiger partial charge in [0.15, 0.2) is 0 Å². The number of hydrogen-bond acceptors (Lipinski definition) is 3. The average molecular weight is 306 g/mol. The summed E-state index contributed by atoms with van der Waals surface area (Å²) in [5, 5.41) is 9.54. The first-order valence-electron chi connectivity index (χ1n) is 4.84. The maximum atomic E-state index is 11.7. The Kier molecular flexibility index (Phi) is 3.47. The Morgan fingerprint density at radius 1 is 1.69 bits per heavy atom. The van der Waals surface area contributed by atoms with Crippen LogP contribution in [0.15, 0.2) is 16.7 Å². The summed E-state index contributed by atoms with van der Waals surface area (Å²) in [5.41, 5.74) is 0. The van der Waals surface area contributed by atoms with Gasteiger partial charge in [0.1, 0.15) is 5.82 Å². The monoisotopic (exact) mass is 304 g/mol. The van der Waals surface area contributed by atoms with E-state index in [9.17, 15) is 4.79 Å². The van der Waals surface area contributed by atoms with Gasteiger partial charge in [0.2, 0.25) is 5.91 Å². The van der Waals surface area contributed by atoms with Crippen molar-refractivity contribution in [3.8, 4) is 0 Å². The van der Waals surface area contributed by atoms with Crippen LogP contribution in [0.2, 0.25) is 5.02 Å². The number of hydrogen-bond donors (Lipinski definition) is 1. The molecule has 1 aliphatic heterocycles. The molecular formula is C10H10BrClN2O2. The predicted octanol–water partition coefficient (Wildman–Crippen LogP) is 1.84. The highest BCUT2D eigenvalue weighted by Crippen LogP contribution is 2.30. The summed E-state index contributed by atoms with van der Waals surface area (Å²) in [7, 11) is 0. The first kappa shape index (κ1) is 11.8. The molecule has 0 saturated carbocycles. The van der Waals surface area contributed by atoms with E-state index in [2.05, 4.69) is 20.9 Å². The van der Waals surface area contributed by atoms with Gasteiger partial charge in [-0.25, -0.2) is 4.98 Å². The van der Waals surface area contributed by atoms with Crippen molar-refractivity contribution in [3.05, 3.63) is 21.8 Å². The third kappa shape index (κ3) is 2.21. The number of halogens is 2. The minimum Gasteiger partial charge on any atom is -0.396 e. The van der Waals surface area contributed by atoms with Crippen molar-refractivity contribution >= 4 is 39.3 Å². The molecule has 1 N–H and O–H groups in total. The minimum absolute atomic E-state index is 0.00289. The molecule has 0 aliphatic carbocycles. The Balaban J connectivity index is 2.28. The number of carbonyl (C=O) groups excluding carboxylic acids is 1. The van der Waals surface area contributed by atoms with E-state index in [0.717, 1.165) is 0 Å². The molecular weight excluding hydrogens is 295 g/mol. The van der Waals surface area contributed by atoms with Crippen LogP contribution in [0.3, 0.4) is 0 Å². The van der Waals surface area contributed by atoms with E-state index in [4.69, 9.17) is 16.7 Å². The Bertz CT molecular complexity index is 427. The largest absolute Gasteiger partial charge is 0.396 e. The van der Waals surface area contributed by atoms with E-state index in [1.54, 1.807) is 11.0 Å². The normalized spacial score (nSPS) is 20.6. The fraction of sp³-hybridized carbons (Fsp3) is 0.400. The van der Waals surface area contributed by atoms with Gasteiger partial charge in [0.05, 0.1) is 9.50 Å². The van der Waals surface area contributed by atoms with Gasteiger partial charge in [-0.1, -0.05) is 11.6 Å². The SMILES string of the molecule is O=C1CC(CO)CN1c1ncc(Cl)cc1Br. The molecule has 1 atom stereocenters. The summed E-state index contributed by atoms with van der Waals surface area (Å²) in [4.78, 5) is 17.4. The highest BCUT2D eigenvalue weighted by Gasteiger charge is 2.31. The van der Waals surface area contributed by atoms with Crippen molar-refractivity contribution in [2.75, 3.05) is 18.1 Å². The van der Waals surface area contributed by atoms with E-state index >= 15 is 0 Å². The van der Waals surface area contributed by atoms with Crippen LogP contribution >= 0.6 is 27.5 Å². The molecule has 0 bridgehead atoms. The second-order valence-electron chi connectivity index (χ2n) is 3.72. The first-order chi connectivity index (χ1) is 7.61. The van der Waals surface area contributed by atoms with Gasteiger partial charge in [-0.3, -0.25) is 9.69 Å². The molecule has 0 radical (unpaired) electrons. The third-order valence-corrected chi connectivity index (χ3v) is 3.30. The van der Waals surface area contributed by atoms with Crippen LogP contribution in [0.25, 0.3) is 0 Å². The number of pyridine rings is 1. The predicted molar refractivity (Wildman–Crippen MR) is 64.5 cm³/mol. The first-order valence-corrected chi connectivity index (χ1v) is 6.01. The average Bonchev–Trinajstić information content (AvgIpc) is 2.60. The second-order valence-corrected chi connectivity index (χ2v) is 5.01. The minimum atomic E-state index is -0.0189. The van der Waals surface area contributed by atoms with Crippen LogP contribution < -0.4 is 4.90 Å². The Hall–Kier alpha value is -0.650. The van der Waals surface area contributed by atoms with Gasteiger partial charge in [0.25, 0.3) is 0 Å². The maximum absolute atomic E-state index is 11.7. The van der Waals surface area contributed by atoms with E-state index in [1.807, 2.05) is 0 Å². The molecule has 1 saturated heterocycles. The summed E-state index contributed by atoms with van der Waals surface area (Å²) < 4.78 is 0.687. The number of carbonyl (C=O) groups is 1. The molecule has 16 heavy (non-hydrogen) atoms. The smallest absolute Gasteiger partial charge is 0.228 e. The fourth-order valence-corrected chi connectivity index (χ4v) is 2.57. The van der Waals surface area contributed by atoms with E-state index < -0.39 is 0 Å². The number of aliphatic hydroxyl groups excluding tert-OH is 1. The van der Waals surface area contributed by atoms with Crippen LogP contribution in [0.1, 0.15) is 6.42 Å². The number of aromatic nitrogens is 1. The highest BCUT2D eigenvalue weighted by molar-refractivity contribution is 9.10. The molecule has 2 rings (SSSR count). The molecule has 1 aromatic heterocycles. The Morgan fingerprint density at radius 3 is 3.00 bits per heavy atom. The topological polar surface area (TPSA) is 53.4 Å². The van der Waals surface area contributed by atoms with E-state index in [1.165, 1.54) is 6.20 Å². The highest BCUT2D eigenvalue weighted by atomic mass is 79.9. The van der Waals surface area contributed by atoms with Gasteiger partial charge in [0, 0.05) is 31.7 Å². The standard InChI is InChI=1S/C10H10BrClN2O2/c11-8-2-7(12)3-13-10(8)14-4-6(5-15)1-9(14)16/h2-3,6,15H,1,4-5H2. The Morgan fingerprint density at radius 2 is 2.44 bits per heavy atom. The molecule has 1 unspecified atom stereocenters. The zero-order valence-electron chi connectivity index (χ0n) is 8.36. The zero-order valence-corrected chi connectivity index (χ0v) is 10.7. The molecule has 2 heterocycles. The summed E-state index contributed by atoms with van der Waals surface area (Å²) in [6, 6.07) is 1.70. The van der Waals surface area contributed by atoms with Gasteiger partial charge in [-0.15, -0.1) is 0 Å². The molecule has 6 heteroatoms. The van der Waals surface area contributed by atoms with Crippen LogP contribution in [0.4, 0.5) is 5.82 Å². The quantitative estimate of drug-likeness (QED) is 0.907. The lowest BCUT2D eigenvalue weighted by atomic mass is 10.1. The second kappa shape index (κ2) is 4.69. The van der Waals surface area contributed by atoms with Crippen molar-refractivity contribution in [2.45, 2.75) is 6.42 Å². The summed E-state index contributed by atoms with van der Waals surface area (Å²) in [6.45, 7) is 0.524. The maximum Gasteiger partial charge on any atom is 0.228 e. The van der Waals surface area contributed by atoms with Crippen LogP contribution in [0, 0.1) is 5.92 Å². The van der Waals surface area contributed by atoms with E-state index in [-0.39, 0.29) is 18.4 Å². The number of amides is 1. The van der Waals surface area contributed by atoms with Gasteiger partial charge >= 0.3 is 0 Å². The lowest BCUT2D eigenvalue weighted by molar-refractivity contribution is -0.117. The summed E-state index contributed by atoms with van der Waals surface area (Å²) in [5.74, 6) is 0.539. The molecule has 86 valence electrons. The molecule has 0 aromatic carbocycles.